The molecule has 0 atom stereocenters. The number of halogens is 1. The second kappa shape index (κ2) is 7.76. The van der Waals surface area contributed by atoms with Gasteiger partial charge in [-0.1, -0.05) is 24.3 Å². The van der Waals surface area contributed by atoms with Crippen molar-refractivity contribution in [3.63, 3.8) is 0 Å². The van der Waals surface area contributed by atoms with E-state index in [4.69, 9.17) is 4.74 Å². The Kier molecular flexibility index (Phi) is 5.45. The molecule has 3 rings (SSSR count). The molecule has 2 amide bonds. The van der Waals surface area contributed by atoms with Gasteiger partial charge in [-0.25, -0.2) is 0 Å². The van der Waals surface area contributed by atoms with Crippen molar-refractivity contribution in [2.75, 3.05) is 19.1 Å². The summed E-state index contributed by atoms with van der Waals surface area (Å²) in [5.41, 5.74) is 1.66. The van der Waals surface area contributed by atoms with Crippen LogP contribution in [0.25, 0.3) is 6.08 Å². The summed E-state index contributed by atoms with van der Waals surface area (Å²) in [4.78, 5) is 26.2. The average Bonchev–Trinajstić information content (AvgIpc) is 2.88. The summed E-state index contributed by atoms with van der Waals surface area (Å²) >= 11 is 4.37. The first-order chi connectivity index (χ1) is 12.1. The van der Waals surface area contributed by atoms with E-state index in [1.807, 2.05) is 48.5 Å². The number of imide groups is 1. The predicted molar refractivity (Wildman–Crippen MR) is 103 cm³/mol. The van der Waals surface area contributed by atoms with Crippen LogP contribution >= 0.6 is 27.7 Å². The van der Waals surface area contributed by atoms with Gasteiger partial charge < -0.3 is 10.1 Å². The number of amides is 2. The van der Waals surface area contributed by atoms with Crippen molar-refractivity contribution in [1.29, 1.82) is 0 Å². The van der Waals surface area contributed by atoms with E-state index < -0.39 is 0 Å². The number of carbonyl (C=O) groups excluding carboxylic acids is 2. The molecule has 5 nitrogen and oxygen atoms in total. The zero-order chi connectivity index (χ0) is 17.8. The number of para-hydroxylation sites is 1. The first-order valence-electron chi connectivity index (χ1n) is 7.46. The number of anilines is 1. The van der Waals surface area contributed by atoms with Crippen LogP contribution < -0.4 is 10.1 Å². The zero-order valence-corrected chi connectivity index (χ0v) is 15.8. The van der Waals surface area contributed by atoms with Gasteiger partial charge in [0.1, 0.15) is 5.75 Å². The molecule has 128 valence electrons. The number of nitrogens with one attached hydrogen (secondary N) is 1. The van der Waals surface area contributed by atoms with Crippen molar-refractivity contribution in [2.45, 2.75) is 0 Å². The van der Waals surface area contributed by atoms with Crippen LogP contribution in [0, 0.1) is 0 Å². The summed E-state index contributed by atoms with van der Waals surface area (Å²) in [5.74, 6) is 0.438. The predicted octanol–water partition coefficient (Wildman–Crippen LogP) is 4.56. The van der Waals surface area contributed by atoms with Crippen LogP contribution in [0.2, 0.25) is 0 Å². The van der Waals surface area contributed by atoms with Gasteiger partial charge in [0.15, 0.2) is 0 Å². The fourth-order valence-corrected chi connectivity index (χ4v) is 3.52. The molecule has 1 aliphatic rings. The van der Waals surface area contributed by atoms with Crippen LogP contribution in [-0.4, -0.2) is 29.8 Å². The van der Waals surface area contributed by atoms with Gasteiger partial charge in [0.25, 0.3) is 11.1 Å². The lowest BCUT2D eigenvalue weighted by molar-refractivity contribution is -0.122. The molecule has 1 fully saturated rings. The number of thioether (sulfide) groups is 1. The highest BCUT2D eigenvalue weighted by Crippen LogP contribution is 2.32. The fraction of sp³-hybridized carbons (Fsp3) is 0.111. The second-order valence-electron chi connectivity index (χ2n) is 5.20. The Morgan fingerprint density at radius 2 is 1.88 bits per heavy atom. The summed E-state index contributed by atoms with van der Waals surface area (Å²) in [7, 11) is 1.60. The molecule has 0 radical (unpaired) electrons. The van der Waals surface area contributed by atoms with Crippen molar-refractivity contribution in [3.05, 3.63) is 63.5 Å². The number of rotatable bonds is 5. The van der Waals surface area contributed by atoms with Crippen molar-refractivity contribution in [3.8, 4) is 5.75 Å². The van der Waals surface area contributed by atoms with E-state index >= 15 is 0 Å². The molecule has 0 bridgehead atoms. The molecule has 0 aromatic heterocycles. The van der Waals surface area contributed by atoms with E-state index in [9.17, 15) is 9.59 Å². The highest BCUT2D eigenvalue weighted by molar-refractivity contribution is 9.10. The van der Waals surface area contributed by atoms with Crippen LogP contribution in [0.1, 0.15) is 5.56 Å². The Balaban J connectivity index is 1.71. The van der Waals surface area contributed by atoms with E-state index in [0.29, 0.717) is 4.91 Å². The molecule has 0 saturated carbocycles. The van der Waals surface area contributed by atoms with Crippen molar-refractivity contribution in [2.24, 2.45) is 0 Å². The third-order valence-corrected chi connectivity index (χ3v) is 5.19. The number of ether oxygens (including phenoxy) is 1. The van der Waals surface area contributed by atoms with Crippen LogP contribution in [0.4, 0.5) is 10.5 Å². The standard InChI is InChI=1S/C18H15BrN2O3S/c1-24-13-8-6-12(7-9-13)10-16-17(22)21(18(23)25-16)11-20-15-5-3-2-4-14(15)19/h2-10,20H,11H2,1H3/b16-10+. The summed E-state index contributed by atoms with van der Waals surface area (Å²) < 4.78 is 5.98. The Labute approximate surface area is 158 Å². The Bertz CT molecular complexity index is 836. The maximum absolute atomic E-state index is 12.5. The maximum Gasteiger partial charge on any atom is 0.295 e. The lowest BCUT2D eigenvalue weighted by Gasteiger charge is -2.15. The number of benzene rings is 2. The van der Waals surface area contributed by atoms with Crippen molar-refractivity contribution in [1.82, 2.24) is 4.90 Å². The highest BCUT2D eigenvalue weighted by atomic mass is 79.9. The van der Waals surface area contributed by atoms with Gasteiger partial charge in [-0.2, -0.15) is 0 Å². The molecule has 7 heteroatoms. The molecule has 2 aromatic carbocycles. The molecule has 0 unspecified atom stereocenters. The van der Waals surface area contributed by atoms with Gasteiger partial charge in [0.2, 0.25) is 0 Å². The number of methoxy groups -OCH3 is 1. The molecule has 25 heavy (non-hydrogen) atoms. The van der Waals surface area contributed by atoms with Crippen LogP contribution in [0.15, 0.2) is 57.9 Å². The quantitative estimate of drug-likeness (QED) is 0.720. The molecule has 1 heterocycles. The number of carbonyl (C=O) groups is 2. The van der Waals surface area contributed by atoms with Gasteiger partial charge in [0, 0.05) is 10.2 Å². The van der Waals surface area contributed by atoms with Gasteiger partial charge in [-0.3, -0.25) is 14.5 Å². The van der Waals surface area contributed by atoms with Gasteiger partial charge >= 0.3 is 0 Å². The molecule has 1 aliphatic heterocycles. The monoisotopic (exact) mass is 418 g/mol. The average molecular weight is 419 g/mol. The summed E-state index contributed by atoms with van der Waals surface area (Å²) in [6, 6.07) is 14.8. The van der Waals surface area contributed by atoms with E-state index in [0.717, 1.165) is 33.2 Å². The van der Waals surface area contributed by atoms with Gasteiger partial charge in [0.05, 0.1) is 18.7 Å². The highest BCUT2D eigenvalue weighted by Gasteiger charge is 2.34. The third-order valence-electron chi connectivity index (χ3n) is 3.59. The third kappa shape index (κ3) is 4.05. The zero-order valence-electron chi connectivity index (χ0n) is 13.4. The molecular formula is C18H15BrN2O3S. The number of nitrogens with zero attached hydrogens (tertiary/aromatic N) is 1. The van der Waals surface area contributed by atoms with E-state index in [1.165, 1.54) is 4.90 Å². The maximum atomic E-state index is 12.5. The van der Waals surface area contributed by atoms with Gasteiger partial charge in [-0.05, 0) is 63.6 Å². The van der Waals surface area contributed by atoms with Crippen molar-refractivity contribution < 1.29 is 14.3 Å². The summed E-state index contributed by atoms with van der Waals surface area (Å²) in [6.07, 6.45) is 1.71. The summed E-state index contributed by atoms with van der Waals surface area (Å²) in [5, 5.41) is 2.81. The van der Waals surface area contributed by atoms with Gasteiger partial charge in [-0.15, -0.1) is 0 Å². The topological polar surface area (TPSA) is 58.6 Å². The fourth-order valence-electron chi connectivity index (χ4n) is 2.26. The number of hydrogen-bond acceptors (Lipinski definition) is 5. The largest absolute Gasteiger partial charge is 0.497 e. The lowest BCUT2D eigenvalue weighted by atomic mass is 10.2. The van der Waals surface area contributed by atoms with E-state index in [-0.39, 0.29) is 17.8 Å². The second-order valence-corrected chi connectivity index (χ2v) is 7.05. The summed E-state index contributed by atoms with van der Waals surface area (Å²) in [6.45, 7) is 0.118. The van der Waals surface area contributed by atoms with Crippen LogP contribution in [0.3, 0.4) is 0 Å². The minimum absolute atomic E-state index is 0.118. The minimum Gasteiger partial charge on any atom is -0.497 e. The van der Waals surface area contributed by atoms with Crippen LogP contribution in [-0.2, 0) is 4.79 Å². The Hall–Kier alpha value is -2.25. The number of hydrogen-bond donors (Lipinski definition) is 1. The normalized spacial score (nSPS) is 15.8. The first-order valence-corrected chi connectivity index (χ1v) is 9.07. The van der Waals surface area contributed by atoms with Crippen LogP contribution in [0.5, 0.6) is 5.75 Å². The minimum atomic E-state index is -0.301. The van der Waals surface area contributed by atoms with Crippen molar-refractivity contribution >= 4 is 50.6 Å². The Morgan fingerprint density at radius 1 is 1.16 bits per heavy atom. The molecule has 0 aliphatic carbocycles. The van der Waals surface area contributed by atoms with E-state index in [2.05, 4.69) is 21.2 Å². The smallest absolute Gasteiger partial charge is 0.295 e. The lowest BCUT2D eigenvalue weighted by Crippen LogP contribution is -2.33. The molecular weight excluding hydrogens is 404 g/mol. The molecule has 2 aromatic rings. The molecule has 1 N–H and O–H groups in total. The SMILES string of the molecule is COc1ccc(/C=C2/SC(=O)N(CNc3ccccc3Br)C2=O)cc1. The molecule has 1 saturated heterocycles. The first kappa shape index (κ1) is 17.6. The molecule has 0 spiro atoms. The Morgan fingerprint density at radius 3 is 2.56 bits per heavy atom. The van der Waals surface area contributed by atoms with E-state index in [1.54, 1.807) is 13.2 Å².